The molecule has 1 aromatic carbocycles. The summed E-state index contributed by atoms with van der Waals surface area (Å²) in [6, 6.07) is 7.34. The lowest BCUT2D eigenvalue weighted by Gasteiger charge is -2.16. The van der Waals surface area contributed by atoms with E-state index in [1.54, 1.807) is 11.0 Å². The molecule has 1 fully saturated rings. The zero-order valence-electron chi connectivity index (χ0n) is 9.40. The Morgan fingerprint density at radius 1 is 1.44 bits per heavy atom. The van der Waals surface area contributed by atoms with E-state index in [1.807, 2.05) is 25.1 Å². The van der Waals surface area contributed by atoms with Crippen molar-refractivity contribution in [1.29, 1.82) is 0 Å². The molecule has 16 heavy (non-hydrogen) atoms. The van der Waals surface area contributed by atoms with Crippen LogP contribution in [0.3, 0.4) is 0 Å². The van der Waals surface area contributed by atoms with Crippen molar-refractivity contribution in [3.63, 3.8) is 0 Å². The van der Waals surface area contributed by atoms with E-state index in [0.717, 1.165) is 18.7 Å². The van der Waals surface area contributed by atoms with Crippen LogP contribution in [-0.4, -0.2) is 18.2 Å². The summed E-state index contributed by atoms with van der Waals surface area (Å²) in [6.07, 6.45) is 2.02. The third-order valence-electron chi connectivity index (χ3n) is 2.87. The molecule has 1 aliphatic heterocycles. The number of Topliss-reactive ketones (excluding diaryl/α,β-unsaturated/α-hetero) is 1. The lowest BCUT2D eigenvalue weighted by molar-refractivity contribution is -0.117. The van der Waals surface area contributed by atoms with Crippen molar-refractivity contribution in [2.24, 2.45) is 0 Å². The third-order valence-corrected chi connectivity index (χ3v) is 2.87. The fourth-order valence-corrected chi connectivity index (χ4v) is 1.97. The van der Waals surface area contributed by atoms with Gasteiger partial charge in [-0.1, -0.05) is 19.1 Å². The summed E-state index contributed by atoms with van der Waals surface area (Å²) in [5.74, 6) is 0.273. The van der Waals surface area contributed by atoms with E-state index < -0.39 is 0 Å². The summed E-state index contributed by atoms with van der Waals surface area (Å²) in [5.41, 5.74) is 1.54. The van der Waals surface area contributed by atoms with Crippen molar-refractivity contribution >= 4 is 17.4 Å². The van der Waals surface area contributed by atoms with Gasteiger partial charge in [0.2, 0.25) is 5.91 Å². The predicted octanol–water partition coefficient (Wildman–Crippen LogP) is 2.41. The molecule has 1 aromatic rings. The van der Waals surface area contributed by atoms with E-state index in [9.17, 15) is 9.59 Å². The van der Waals surface area contributed by atoms with Crippen molar-refractivity contribution in [1.82, 2.24) is 0 Å². The maximum Gasteiger partial charge on any atom is 0.227 e. The van der Waals surface area contributed by atoms with E-state index in [-0.39, 0.29) is 11.7 Å². The van der Waals surface area contributed by atoms with Crippen LogP contribution in [0.2, 0.25) is 0 Å². The Hall–Kier alpha value is -1.64. The van der Waals surface area contributed by atoms with Crippen LogP contribution in [0.5, 0.6) is 0 Å². The van der Waals surface area contributed by atoms with Gasteiger partial charge in [0.1, 0.15) is 0 Å². The molecule has 0 saturated carbocycles. The van der Waals surface area contributed by atoms with Crippen LogP contribution in [0.25, 0.3) is 0 Å². The first-order valence-corrected chi connectivity index (χ1v) is 5.66. The standard InChI is InChI=1S/C13H15NO2/c1-2-12(15)10-5-3-6-11(9-10)14-8-4-7-13(14)16/h3,5-6,9H,2,4,7-8H2,1H3. The number of benzene rings is 1. The van der Waals surface area contributed by atoms with E-state index in [0.29, 0.717) is 18.4 Å². The van der Waals surface area contributed by atoms with Crippen LogP contribution in [0, 0.1) is 0 Å². The molecule has 3 nitrogen and oxygen atoms in total. The summed E-state index contributed by atoms with van der Waals surface area (Å²) in [4.78, 5) is 24.9. The smallest absolute Gasteiger partial charge is 0.227 e. The highest BCUT2D eigenvalue weighted by atomic mass is 16.2. The summed E-state index contributed by atoms with van der Waals surface area (Å²) in [5, 5.41) is 0. The molecule has 1 heterocycles. The number of hydrogen-bond donors (Lipinski definition) is 0. The molecule has 2 rings (SSSR count). The number of amides is 1. The minimum atomic E-state index is 0.119. The molecule has 0 aromatic heterocycles. The predicted molar refractivity (Wildman–Crippen MR) is 62.7 cm³/mol. The Labute approximate surface area is 95.1 Å². The fraction of sp³-hybridized carbons (Fsp3) is 0.385. The fourth-order valence-electron chi connectivity index (χ4n) is 1.97. The van der Waals surface area contributed by atoms with Crippen molar-refractivity contribution in [2.75, 3.05) is 11.4 Å². The van der Waals surface area contributed by atoms with Gasteiger partial charge in [0.25, 0.3) is 0 Å². The van der Waals surface area contributed by atoms with Crippen LogP contribution in [0.15, 0.2) is 24.3 Å². The average molecular weight is 217 g/mol. The zero-order chi connectivity index (χ0) is 11.5. The maximum atomic E-state index is 11.6. The molecule has 1 aliphatic rings. The van der Waals surface area contributed by atoms with Crippen molar-refractivity contribution in [3.05, 3.63) is 29.8 Å². The number of anilines is 1. The van der Waals surface area contributed by atoms with Gasteiger partial charge in [0.05, 0.1) is 0 Å². The second kappa shape index (κ2) is 4.47. The second-order valence-corrected chi connectivity index (χ2v) is 3.98. The first-order chi connectivity index (χ1) is 7.72. The number of rotatable bonds is 3. The van der Waals surface area contributed by atoms with Gasteiger partial charge in [-0.25, -0.2) is 0 Å². The summed E-state index contributed by atoms with van der Waals surface area (Å²) < 4.78 is 0. The molecule has 1 amide bonds. The molecule has 3 heteroatoms. The van der Waals surface area contributed by atoms with E-state index >= 15 is 0 Å². The number of nitrogens with zero attached hydrogens (tertiary/aromatic N) is 1. The molecular weight excluding hydrogens is 202 g/mol. The molecule has 1 saturated heterocycles. The van der Waals surface area contributed by atoms with Crippen molar-refractivity contribution < 1.29 is 9.59 Å². The molecular formula is C13H15NO2. The first-order valence-electron chi connectivity index (χ1n) is 5.66. The SMILES string of the molecule is CCC(=O)c1cccc(N2CCCC2=O)c1. The lowest BCUT2D eigenvalue weighted by Crippen LogP contribution is -2.23. The Morgan fingerprint density at radius 3 is 2.88 bits per heavy atom. The third kappa shape index (κ3) is 1.98. The molecule has 0 aliphatic carbocycles. The van der Waals surface area contributed by atoms with Crippen LogP contribution < -0.4 is 4.90 Å². The largest absolute Gasteiger partial charge is 0.312 e. The molecule has 0 radical (unpaired) electrons. The van der Waals surface area contributed by atoms with Gasteiger partial charge in [0, 0.05) is 30.6 Å². The van der Waals surface area contributed by atoms with Gasteiger partial charge >= 0.3 is 0 Å². The van der Waals surface area contributed by atoms with Gasteiger partial charge in [0.15, 0.2) is 5.78 Å². The Kier molecular flexibility index (Phi) is 3.04. The van der Waals surface area contributed by atoms with Crippen LogP contribution in [-0.2, 0) is 4.79 Å². The highest BCUT2D eigenvalue weighted by Gasteiger charge is 2.21. The van der Waals surface area contributed by atoms with Gasteiger partial charge in [-0.2, -0.15) is 0 Å². The minimum Gasteiger partial charge on any atom is -0.312 e. The molecule has 0 spiro atoms. The van der Waals surface area contributed by atoms with E-state index in [2.05, 4.69) is 0 Å². The summed E-state index contributed by atoms with van der Waals surface area (Å²) in [7, 11) is 0. The van der Waals surface area contributed by atoms with Crippen LogP contribution >= 0.6 is 0 Å². The van der Waals surface area contributed by atoms with Gasteiger partial charge in [-0.3, -0.25) is 9.59 Å². The topological polar surface area (TPSA) is 37.4 Å². The number of carbonyl (C=O) groups is 2. The number of carbonyl (C=O) groups excluding carboxylic acids is 2. The Balaban J connectivity index is 2.28. The summed E-state index contributed by atoms with van der Waals surface area (Å²) >= 11 is 0. The van der Waals surface area contributed by atoms with E-state index in [4.69, 9.17) is 0 Å². The quantitative estimate of drug-likeness (QED) is 0.729. The van der Waals surface area contributed by atoms with Gasteiger partial charge in [-0.05, 0) is 18.6 Å². The second-order valence-electron chi connectivity index (χ2n) is 3.98. The molecule has 0 atom stereocenters. The summed E-state index contributed by atoms with van der Waals surface area (Å²) in [6.45, 7) is 2.61. The minimum absolute atomic E-state index is 0.119. The number of ketones is 1. The van der Waals surface area contributed by atoms with Gasteiger partial charge in [-0.15, -0.1) is 0 Å². The highest BCUT2D eigenvalue weighted by molar-refractivity contribution is 5.99. The monoisotopic (exact) mass is 217 g/mol. The Morgan fingerprint density at radius 2 is 2.25 bits per heavy atom. The highest BCUT2D eigenvalue weighted by Crippen LogP contribution is 2.22. The first kappa shape index (κ1) is 10.9. The Bertz CT molecular complexity index is 426. The van der Waals surface area contributed by atoms with Crippen LogP contribution in [0.1, 0.15) is 36.5 Å². The molecule has 0 unspecified atom stereocenters. The van der Waals surface area contributed by atoms with Crippen molar-refractivity contribution in [3.8, 4) is 0 Å². The number of hydrogen-bond acceptors (Lipinski definition) is 2. The van der Waals surface area contributed by atoms with Crippen molar-refractivity contribution in [2.45, 2.75) is 26.2 Å². The van der Waals surface area contributed by atoms with E-state index in [1.165, 1.54) is 0 Å². The lowest BCUT2D eigenvalue weighted by atomic mass is 10.1. The average Bonchev–Trinajstić information content (AvgIpc) is 2.74. The van der Waals surface area contributed by atoms with Crippen LogP contribution in [0.4, 0.5) is 5.69 Å². The molecule has 0 N–H and O–H groups in total. The molecule has 0 bridgehead atoms. The normalized spacial score (nSPS) is 15.6. The van der Waals surface area contributed by atoms with Gasteiger partial charge < -0.3 is 4.90 Å². The maximum absolute atomic E-state index is 11.6. The zero-order valence-corrected chi connectivity index (χ0v) is 9.40. The molecule has 84 valence electrons.